The second kappa shape index (κ2) is 4.39. The molecule has 0 aliphatic rings. The van der Waals surface area contributed by atoms with Crippen molar-refractivity contribution in [3.8, 4) is 0 Å². The van der Waals surface area contributed by atoms with E-state index in [1.807, 2.05) is 18.9 Å². The molecule has 86 valence electrons. The lowest BCUT2D eigenvalue weighted by molar-refractivity contribution is 0.412. The van der Waals surface area contributed by atoms with Crippen molar-refractivity contribution in [2.24, 2.45) is 0 Å². The van der Waals surface area contributed by atoms with Gasteiger partial charge in [0, 0.05) is 12.6 Å². The van der Waals surface area contributed by atoms with Crippen LogP contribution in [0.3, 0.4) is 0 Å². The minimum Gasteiger partial charge on any atom is -0.406 e. The minimum atomic E-state index is -0.246. The molecular weight excluding hydrogens is 214 g/mol. The topological polar surface area (TPSA) is 42.2 Å². The fourth-order valence-electron chi connectivity index (χ4n) is 1.02. The molecule has 0 radical (unpaired) electrons. The number of anilines is 1. The van der Waals surface area contributed by atoms with Gasteiger partial charge in [-0.1, -0.05) is 12.0 Å². The van der Waals surface area contributed by atoms with Gasteiger partial charge in [-0.3, -0.25) is 0 Å². The Kier molecular flexibility index (Phi) is 3.60. The number of halogens is 1. The second-order valence-electron chi connectivity index (χ2n) is 4.26. The zero-order valence-electron chi connectivity index (χ0n) is 9.91. The van der Waals surface area contributed by atoms with Gasteiger partial charge in [0.2, 0.25) is 5.89 Å². The van der Waals surface area contributed by atoms with Crippen molar-refractivity contribution >= 4 is 17.6 Å². The Morgan fingerprint density at radius 2 is 2.07 bits per heavy atom. The zero-order valence-corrected chi connectivity index (χ0v) is 10.7. The highest BCUT2D eigenvalue weighted by Crippen LogP contribution is 2.26. The zero-order chi connectivity index (χ0) is 11.6. The van der Waals surface area contributed by atoms with Crippen LogP contribution in [0.15, 0.2) is 4.42 Å². The number of alkyl halides is 1. The molecular formula is C10H18ClN3O. The second-order valence-corrected chi connectivity index (χ2v) is 4.92. The lowest BCUT2D eigenvalue weighted by Crippen LogP contribution is -2.40. The smallest absolute Gasteiger partial charge is 0.318 e. The van der Waals surface area contributed by atoms with E-state index >= 15 is 0 Å². The maximum atomic E-state index is 5.85. The number of aromatic nitrogens is 2. The summed E-state index contributed by atoms with van der Waals surface area (Å²) in [6, 6.07) is 0.518. The molecule has 0 fully saturated rings. The third-order valence-electron chi connectivity index (χ3n) is 2.83. The molecule has 1 atom stereocenters. The molecule has 0 bridgehead atoms. The van der Waals surface area contributed by atoms with E-state index in [-0.39, 0.29) is 10.9 Å². The largest absolute Gasteiger partial charge is 0.406 e. The quantitative estimate of drug-likeness (QED) is 0.748. The van der Waals surface area contributed by atoms with Crippen LogP contribution in [0.25, 0.3) is 0 Å². The third kappa shape index (κ3) is 2.62. The minimum absolute atomic E-state index is 0.000641. The van der Waals surface area contributed by atoms with Crippen molar-refractivity contribution in [1.82, 2.24) is 10.2 Å². The fraction of sp³-hybridized carbons (Fsp3) is 0.800. The molecule has 0 amide bonds. The average Bonchev–Trinajstić information content (AvgIpc) is 2.65. The Morgan fingerprint density at radius 3 is 2.47 bits per heavy atom. The first-order valence-electron chi connectivity index (χ1n) is 5.09. The molecule has 0 N–H and O–H groups in total. The summed E-state index contributed by atoms with van der Waals surface area (Å²) in [5.74, 6) is 0.463. The molecule has 0 saturated heterocycles. The Bertz CT molecular complexity index is 322. The van der Waals surface area contributed by atoms with E-state index in [4.69, 9.17) is 16.0 Å². The molecule has 1 aromatic rings. The summed E-state index contributed by atoms with van der Waals surface area (Å²) < 4.78 is 5.47. The average molecular weight is 232 g/mol. The summed E-state index contributed by atoms with van der Waals surface area (Å²) in [6.45, 7) is 8.18. The molecule has 1 unspecified atom stereocenters. The predicted octanol–water partition coefficient (Wildman–Crippen LogP) is 2.99. The number of hydrogen-bond acceptors (Lipinski definition) is 4. The van der Waals surface area contributed by atoms with E-state index in [1.54, 1.807) is 0 Å². The molecule has 0 aliphatic heterocycles. The number of hydrogen-bond donors (Lipinski definition) is 0. The van der Waals surface area contributed by atoms with Gasteiger partial charge in [0.15, 0.2) is 0 Å². The molecule has 0 spiro atoms. The summed E-state index contributed by atoms with van der Waals surface area (Å²) in [7, 11) is 1.94. The first-order chi connectivity index (χ1) is 6.88. The van der Waals surface area contributed by atoms with Gasteiger partial charge in [0.1, 0.15) is 5.38 Å². The summed E-state index contributed by atoms with van der Waals surface area (Å²) in [5.41, 5.74) is -0.000641. The van der Waals surface area contributed by atoms with Crippen LogP contribution in [0.4, 0.5) is 6.01 Å². The van der Waals surface area contributed by atoms with Crippen molar-refractivity contribution in [3.05, 3.63) is 5.89 Å². The van der Waals surface area contributed by atoms with Crippen LogP contribution >= 0.6 is 11.6 Å². The van der Waals surface area contributed by atoms with Crippen molar-refractivity contribution in [3.63, 3.8) is 0 Å². The van der Waals surface area contributed by atoms with Gasteiger partial charge >= 0.3 is 6.01 Å². The van der Waals surface area contributed by atoms with E-state index in [0.29, 0.717) is 11.9 Å². The van der Waals surface area contributed by atoms with Crippen LogP contribution in [-0.4, -0.2) is 22.8 Å². The Balaban J connectivity index is 2.87. The normalized spacial score (nSPS) is 14.0. The van der Waals surface area contributed by atoms with Gasteiger partial charge in [-0.25, -0.2) is 0 Å². The van der Waals surface area contributed by atoms with Crippen LogP contribution in [0.2, 0.25) is 0 Å². The van der Waals surface area contributed by atoms with Crippen molar-refractivity contribution < 1.29 is 4.42 Å². The fourth-order valence-corrected chi connectivity index (χ4v) is 1.11. The van der Waals surface area contributed by atoms with Crippen LogP contribution in [-0.2, 0) is 0 Å². The highest BCUT2D eigenvalue weighted by Gasteiger charge is 2.26. The van der Waals surface area contributed by atoms with Gasteiger partial charge in [-0.2, -0.15) is 0 Å². The maximum absolute atomic E-state index is 5.85. The van der Waals surface area contributed by atoms with E-state index < -0.39 is 0 Å². The third-order valence-corrected chi connectivity index (χ3v) is 3.02. The first kappa shape index (κ1) is 12.3. The standard InChI is InChI=1S/C10H18ClN3O/c1-6-10(3,4)14(5)9-13-12-8(15-9)7(2)11/h7H,6H2,1-5H3. The maximum Gasteiger partial charge on any atom is 0.318 e. The molecule has 5 heteroatoms. The highest BCUT2D eigenvalue weighted by atomic mass is 35.5. The monoisotopic (exact) mass is 231 g/mol. The van der Waals surface area contributed by atoms with Gasteiger partial charge in [0.05, 0.1) is 0 Å². The van der Waals surface area contributed by atoms with Crippen LogP contribution in [0, 0.1) is 0 Å². The summed E-state index contributed by atoms with van der Waals surface area (Å²) in [6.07, 6.45) is 0.998. The number of rotatable bonds is 4. The predicted molar refractivity (Wildman–Crippen MR) is 61.3 cm³/mol. The van der Waals surface area contributed by atoms with Crippen LogP contribution < -0.4 is 4.90 Å². The number of nitrogens with zero attached hydrogens (tertiary/aromatic N) is 3. The lowest BCUT2D eigenvalue weighted by atomic mass is 10.0. The highest BCUT2D eigenvalue weighted by molar-refractivity contribution is 6.20. The molecule has 0 aliphatic carbocycles. The van der Waals surface area contributed by atoms with E-state index in [1.165, 1.54) is 0 Å². The molecule has 1 rings (SSSR count). The SMILES string of the molecule is CCC(C)(C)N(C)c1nnc(C(C)Cl)o1. The Hall–Kier alpha value is -0.770. The molecule has 1 aromatic heterocycles. The van der Waals surface area contributed by atoms with Crippen LogP contribution in [0.1, 0.15) is 45.4 Å². The molecule has 1 heterocycles. The van der Waals surface area contributed by atoms with Crippen molar-refractivity contribution in [1.29, 1.82) is 0 Å². The van der Waals surface area contributed by atoms with E-state index in [0.717, 1.165) is 6.42 Å². The van der Waals surface area contributed by atoms with E-state index in [2.05, 4.69) is 31.0 Å². The van der Waals surface area contributed by atoms with Crippen molar-refractivity contribution in [2.45, 2.75) is 45.0 Å². The summed E-state index contributed by atoms with van der Waals surface area (Å²) in [5, 5.41) is 7.62. The Morgan fingerprint density at radius 1 is 1.47 bits per heavy atom. The van der Waals surface area contributed by atoms with Crippen molar-refractivity contribution in [2.75, 3.05) is 11.9 Å². The molecule has 0 saturated carbocycles. The lowest BCUT2D eigenvalue weighted by Gasteiger charge is -2.33. The van der Waals surface area contributed by atoms with E-state index in [9.17, 15) is 0 Å². The first-order valence-corrected chi connectivity index (χ1v) is 5.53. The van der Waals surface area contributed by atoms with Crippen LogP contribution in [0.5, 0.6) is 0 Å². The molecule has 4 nitrogen and oxygen atoms in total. The van der Waals surface area contributed by atoms with Gasteiger partial charge < -0.3 is 9.32 Å². The molecule has 15 heavy (non-hydrogen) atoms. The van der Waals surface area contributed by atoms with Gasteiger partial charge in [0.25, 0.3) is 0 Å². The Labute approximate surface area is 95.6 Å². The summed E-state index contributed by atoms with van der Waals surface area (Å²) in [4.78, 5) is 1.97. The summed E-state index contributed by atoms with van der Waals surface area (Å²) >= 11 is 5.85. The molecule has 0 aromatic carbocycles. The van der Waals surface area contributed by atoms with Gasteiger partial charge in [-0.05, 0) is 27.2 Å². The van der Waals surface area contributed by atoms with Gasteiger partial charge in [-0.15, -0.1) is 16.7 Å².